The zero-order valence-corrected chi connectivity index (χ0v) is 15.4. The molecule has 3 aromatic rings. The van der Waals surface area contributed by atoms with E-state index >= 15 is 0 Å². The van der Waals surface area contributed by atoms with Crippen LogP contribution in [0.2, 0.25) is 0 Å². The molecule has 134 valence electrons. The summed E-state index contributed by atoms with van der Waals surface area (Å²) in [5, 5.41) is 7.56. The van der Waals surface area contributed by atoms with E-state index < -0.39 is 0 Å². The highest BCUT2D eigenvalue weighted by Gasteiger charge is 2.27. The summed E-state index contributed by atoms with van der Waals surface area (Å²) in [6.07, 6.45) is 0.977. The van der Waals surface area contributed by atoms with Gasteiger partial charge in [0.25, 0.3) is 0 Å². The average molecular weight is 349 g/mol. The number of likely N-dealkylation sites (N-methyl/N-ethyl adjacent to an activating group) is 1. The van der Waals surface area contributed by atoms with Crippen LogP contribution in [-0.4, -0.2) is 44.8 Å². The van der Waals surface area contributed by atoms with Crippen molar-refractivity contribution in [2.24, 2.45) is 0 Å². The zero-order valence-electron chi connectivity index (χ0n) is 15.4. The number of nitrogens with one attached hydrogen (secondary N) is 1. The lowest BCUT2D eigenvalue weighted by Gasteiger charge is -2.19. The second kappa shape index (κ2) is 6.88. The summed E-state index contributed by atoms with van der Waals surface area (Å²) in [6, 6.07) is 12.3. The molecule has 26 heavy (non-hydrogen) atoms. The van der Waals surface area contributed by atoms with E-state index in [4.69, 9.17) is 4.74 Å². The van der Waals surface area contributed by atoms with Crippen LogP contribution in [0, 0.1) is 13.8 Å². The van der Waals surface area contributed by atoms with E-state index in [-0.39, 0.29) is 6.10 Å². The first-order valence-corrected chi connectivity index (χ1v) is 8.87. The molecule has 6 heteroatoms. The molecule has 0 radical (unpaired) electrons. The van der Waals surface area contributed by atoms with Gasteiger partial charge in [0, 0.05) is 42.0 Å². The summed E-state index contributed by atoms with van der Waals surface area (Å²) in [4.78, 5) is 11.1. The Morgan fingerprint density at radius 3 is 2.81 bits per heavy atom. The number of aryl methyl sites for hydroxylation is 2. The first-order valence-electron chi connectivity index (χ1n) is 8.87. The van der Waals surface area contributed by atoms with E-state index in [0.29, 0.717) is 0 Å². The number of aromatic amines is 1. The fourth-order valence-electron chi connectivity index (χ4n) is 3.47. The molecule has 1 unspecified atom stereocenters. The van der Waals surface area contributed by atoms with Crippen LogP contribution < -0.4 is 4.74 Å². The van der Waals surface area contributed by atoms with Crippen molar-refractivity contribution in [3.63, 3.8) is 0 Å². The number of ether oxygens (including phenoxy) is 1. The van der Waals surface area contributed by atoms with Gasteiger partial charge in [-0.1, -0.05) is 30.3 Å². The van der Waals surface area contributed by atoms with E-state index in [9.17, 15) is 0 Å². The molecule has 1 aliphatic heterocycles. The molecule has 0 amide bonds. The molecule has 0 aliphatic carbocycles. The zero-order chi connectivity index (χ0) is 18.1. The van der Waals surface area contributed by atoms with Gasteiger partial charge in [0.1, 0.15) is 11.9 Å². The predicted molar refractivity (Wildman–Crippen MR) is 100.0 cm³/mol. The van der Waals surface area contributed by atoms with Crippen LogP contribution in [-0.2, 0) is 13.0 Å². The van der Waals surface area contributed by atoms with Gasteiger partial charge in [0.15, 0.2) is 0 Å². The molecule has 1 aliphatic rings. The molecule has 0 fully saturated rings. The third-order valence-electron chi connectivity index (χ3n) is 4.65. The normalized spacial score (nSPS) is 15.9. The lowest BCUT2D eigenvalue weighted by Crippen LogP contribution is -2.31. The van der Waals surface area contributed by atoms with E-state index in [2.05, 4.69) is 50.3 Å². The van der Waals surface area contributed by atoms with Crippen LogP contribution in [0.1, 0.15) is 22.8 Å². The average Bonchev–Trinajstić information content (AvgIpc) is 3.22. The minimum Gasteiger partial charge on any atom is -0.472 e. The predicted octanol–water partition coefficient (Wildman–Crippen LogP) is 2.92. The summed E-state index contributed by atoms with van der Waals surface area (Å²) in [5.74, 6) is 1.52. The number of aromatic nitrogens is 4. The maximum absolute atomic E-state index is 6.03. The first kappa shape index (κ1) is 16.7. The van der Waals surface area contributed by atoms with Gasteiger partial charge >= 0.3 is 0 Å². The van der Waals surface area contributed by atoms with Crippen molar-refractivity contribution in [3.05, 3.63) is 59.2 Å². The monoisotopic (exact) mass is 349 g/mol. The van der Waals surface area contributed by atoms with Crippen molar-refractivity contribution in [2.75, 3.05) is 13.6 Å². The Bertz CT molecular complexity index is 906. The molecule has 1 N–H and O–H groups in total. The molecule has 6 nitrogen and oxygen atoms in total. The Labute approximate surface area is 153 Å². The Balaban J connectivity index is 1.37. The summed E-state index contributed by atoms with van der Waals surface area (Å²) >= 11 is 0. The highest BCUT2D eigenvalue weighted by molar-refractivity contribution is 5.58. The standard InChI is InChI=1S/C20H23N5O/c1-13-18-10-17(26-20(18)22-14(2)21-13)12-25(3)11-16-9-19(24-23-16)15-7-5-4-6-8-15/h4-9,17H,10-12H2,1-3H3,(H,23,24). The molecule has 4 rings (SSSR count). The van der Waals surface area contributed by atoms with Gasteiger partial charge in [-0.2, -0.15) is 10.1 Å². The number of nitrogens with zero attached hydrogens (tertiary/aromatic N) is 4. The van der Waals surface area contributed by atoms with Crippen molar-refractivity contribution in [1.82, 2.24) is 25.1 Å². The van der Waals surface area contributed by atoms with E-state index in [0.717, 1.165) is 59.4 Å². The number of benzene rings is 1. The van der Waals surface area contributed by atoms with Crippen molar-refractivity contribution < 1.29 is 4.74 Å². The van der Waals surface area contributed by atoms with E-state index in [1.165, 1.54) is 0 Å². The molecular weight excluding hydrogens is 326 g/mol. The SMILES string of the molecule is Cc1nc(C)c2c(n1)OC(CN(C)Cc1cc(-c3ccccc3)n[nH]1)C2. The Hall–Kier alpha value is -2.73. The summed E-state index contributed by atoms with van der Waals surface area (Å²) in [5.41, 5.74) is 5.35. The summed E-state index contributed by atoms with van der Waals surface area (Å²) < 4.78 is 6.03. The van der Waals surface area contributed by atoms with Crippen LogP contribution in [0.25, 0.3) is 11.3 Å². The Kier molecular flexibility index (Phi) is 4.42. The lowest BCUT2D eigenvalue weighted by atomic mass is 10.1. The fourth-order valence-corrected chi connectivity index (χ4v) is 3.47. The lowest BCUT2D eigenvalue weighted by molar-refractivity contribution is 0.160. The molecule has 3 heterocycles. The maximum atomic E-state index is 6.03. The third-order valence-corrected chi connectivity index (χ3v) is 4.65. The number of hydrogen-bond acceptors (Lipinski definition) is 5. The molecule has 0 bridgehead atoms. The van der Waals surface area contributed by atoms with Crippen molar-refractivity contribution in [3.8, 4) is 17.1 Å². The van der Waals surface area contributed by atoms with Gasteiger partial charge in [-0.15, -0.1) is 0 Å². The third kappa shape index (κ3) is 3.46. The van der Waals surface area contributed by atoms with Crippen molar-refractivity contribution in [2.45, 2.75) is 32.9 Å². The molecule has 1 aromatic carbocycles. The minimum absolute atomic E-state index is 0.112. The number of H-pyrrole nitrogens is 1. The molecule has 0 saturated heterocycles. The van der Waals surface area contributed by atoms with Crippen molar-refractivity contribution >= 4 is 0 Å². The van der Waals surface area contributed by atoms with Crippen molar-refractivity contribution in [1.29, 1.82) is 0 Å². The first-order chi connectivity index (χ1) is 12.6. The van der Waals surface area contributed by atoms with Gasteiger partial charge in [-0.05, 0) is 27.0 Å². The molecule has 1 atom stereocenters. The topological polar surface area (TPSA) is 66.9 Å². The number of fused-ring (bicyclic) bond motifs is 1. The second-order valence-electron chi connectivity index (χ2n) is 6.93. The molecular formula is C20H23N5O. The minimum atomic E-state index is 0.112. The van der Waals surface area contributed by atoms with Gasteiger partial charge in [-0.25, -0.2) is 4.98 Å². The summed E-state index contributed by atoms with van der Waals surface area (Å²) in [6.45, 7) is 5.55. The molecule has 2 aromatic heterocycles. The Morgan fingerprint density at radius 1 is 1.19 bits per heavy atom. The van der Waals surface area contributed by atoms with E-state index in [1.807, 2.05) is 32.0 Å². The molecule has 0 spiro atoms. The quantitative estimate of drug-likeness (QED) is 0.767. The van der Waals surface area contributed by atoms with E-state index in [1.54, 1.807) is 0 Å². The maximum Gasteiger partial charge on any atom is 0.220 e. The van der Waals surface area contributed by atoms with Crippen LogP contribution in [0.4, 0.5) is 0 Å². The van der Waals surface area contributed by atoms with Gasteiger partial charge in [-0.3, -0.25) is 10.00 Å². The smallest absolute Gasteiger partial charge is 0.220 e. The van der Waals surface area contributed by atoms with Crippen LogP contribution in [0.15, 0.2) is 36.4 Å². The number of rotatable bonds is 5. The van der Waals surface area contributed by atoms with Crippen LogP contribution in [0.3, 0.4) is 0 Å². The van der Waals surface area contributed by atoms with Gasteiger partial charge in [0.05, 0.1) is 5.69 Å². The Morgan fingerprint density at radius 2 is 2.00 bits per heavy atom. The van der Waals surface area contributed by atoms with Gasteiger partial charge < -0.3 is 4.74 Å². The second-order valence-corrected chi connectivity index (χ2v) is 6.93. The fraction of sp³-hybridized carbons (Fsp3) is 0.350. The largest absolute Gasteiger partial charge is 0.472 e. The highest BCUT2D eigenvalue weighted by atomic mass is 16.5. The van der Waals surface area contributed by atoms with Gasteiger partial charge in [0.2, 0.25) is 5.88 Å². The number of hydrogen-bond donors (Lipinski definition) is 1. The highest BCUT2D eigenvalue weighted by Crippen LogP contribution is 2.29. The van der Waals surface area contributed by atoms with Crippen LogP contribution in [0.5, 0.6) is 5.88 Å². The molecule has 0 saturated carbocycles. The van der Waals surface area contributed by atoms with Crippen LogP contribution >= 0.6 is 0 Å². The summed E-state index contributed by atoms with van der Waals surface area (Å²) in [7, 11) is 2.10.